The van der Waals surface area contributed by atoms with E-state index in [2.05, 4.69) is 5.32 Å². The van der Waals surface area contributed by atoms with Crippen LogP contribution in [-0.4, -0.2) is 42.5 Å². The van der Waals surface area contributed by atoms with Crippen molar-refractivity contribution in [2.24, 2.45) is 5.92 Å². The SMILES string of the molecule is CCOC(=O)[C@@H]1CCCN([C@H](C)C(=O)Nc2ccc(Cl)cc2)C1. The molecule has 0 radical (unpaired) electrons. The molecule has 23 heavy (non-hydrogen) atoms. The summed E-state index contributed by atoms with van der Waals surface area (Å²) in [7, 11) is 0. The van der Waals surface area contributed by atoms with Crippen LogP contribution in [0.25, 0.3) is 0 Å². The third kappa shape index (κ3) is 4.94. The van der Waals surface area contributed by atoms with Crippen LogP contribution >= 0.6 is 11.6 Å². The van der Waals surface area contributed by atoms with Crippen LogP contribution in [0.2, 0.25) is 5.02 Å². The van der Waals surface area contributed by atoms with Crippen LogP contribution in [0, 0.1) is 5.92 Å². The van der Waals surface area contributed by atoms with E-state index in [1.165, 1.54) is 0 Å². The number of esters is 1. The van der Waals surface area contributed by atoms with E-state index in [0.29, 0.717) is 23.9 Å². The minimum absolute atomic E-state index is 0.0863. The summed E-state index contributed by atoms with van der Waals surface area (Å²) in [6.07, 6.45) is 1.71. The second-order valence-electron chi connectivity index (χ2n) is 5.76. The first-order valence-corrected chi connectivity index (χ1v) is 8.36. The third-order valence-corrected chi connectivity index (χ3v) is 4.36. The van der Waals surface area contributed by atoms with Crippen LogP contribution in [0.5, 0.6) is 0 Å². The van der Waals surface area contributed by atoms with Gasteiger partial charge in [0.05, 0.1) is 18.6 Å². The molecule has 126 valence electrons. The molecule has 1 saturated heterocycles. The average Bonchev–Trinajstić information content (AvgIpc) is 2.56. The van der Waals surface area contributed by atoms with Gasteiger partial charge in [0.1, 0.15) is 0 Å². The number of benzene rings is 1. The normalized spacial score (nSPS) is 19.9. The average molecular weight is 339 g/mol. The number of anilines is 1. The summed E-state index contributed by atoms with van der Waals surface area (Å²) in [6, 6.07) is 6.71. The molecule has 1 amide bonds. The van der Waals surface area contributed by atoms with Crippen LogP contribution in [0.3, 0.4) is 0 Å². The van der Waals surface area contributed by atoms with Crippen LogP contribution in [0.1, 0.15) is 26.7 Å². The highest BCUT2D eigenvalue weighted by Gasteiger charge is 2.31. The second kappa shape index (κ2) is 8.31. The van der Waals surface area contributed by atoms with Gasteiger partial charge >= 0.3 is 5.97 Å². The Morgan fingerprint density at radius 2 is 2.09 bits per heavy atom. The summed E-state index contributed by atoms with van der Waals surface area (Å²) in [5.74, 6) is -0.395. The van der Waals surface area contributed by atoms with Crippen LogP contribution in [-0.2, 0) is 14.3 Å². The monoisotopic (exact) mass is 338 g/mol. The minimum Gasteiger partial charge on any atom is -0.466 e. The molecule has 1 N–H and O–H groups in total. The zero-order chi connectivity index (χ0) is 16.8. The van der Waals surface area contributed by atoms with Crippen molar-refractivity contribution in [1.82, 2.24) is 4.90 Å². The summed E-state index contributed by atoms with van der Waals surface area (Å²) in [5.41, 5.74) is 0.713. The van der Waals surface area contributed by atoms with Crippen molar-refractivity contribution in [3.63, 3.8) is 0 Å². The molecule has 0 aromatic heterocycles. The molecule has 0 spiro atoms. The van der Waals surface area contributed by atoms with Crippen LogP contribution in [0.15, 0.2) is 24.3 Å². The van der Waals surface area contributed by atoms with Gasteiger partial charge in [0.2, 0.25) is 5.91 Å². The molecular formula is C17H23ClN2O3. The quantitative estimate of drug-likeness (QED) is 0.839. The van der Waals surface area contributed by atoms with E-state index in [-0.39, 0.29) is 23.8 Å². The zero-order valence-corrected chi connectivity index (χ0v) is 14.3. The molecule has 1 fully saturated rings. The van der Waals surface area contributed by atoms with Crippen molar-refractivity contribution in [2.75, 3.05) is 25.0 Å². The Bertz CT molecular complexity index is 547. The van der Waals surface area contributed by atoms with Gasteiger partial charge in [-0.25, -0.2) is 0 Å². The topological polar surface area (TPSA) is 58.6 Å². The van der Waals surface area contributed by atoms with Crippen LogP contribution < -0.4 is 5.32 Å². The molecular weight excluding hydrogens is 316 g/mol. The maximum absolute atomic E-state index is 12.4. The number of halogens is 1. The van der Waals surface area contributed by atoms with E-state index in [9.17, 15) is 9.59 Å². The summed E-state index contributed by atoms with van der Waals surface area (Å²) in [4.78, 5) is 26.3. The summed E-state index contributed by atoms with van der Waals surface area (Å²) in [6.45, 7) is 5.43. The zero-order valence-electron chi connectivity index (χ0n) is 13.5. The number of hydrogen-bond acceptors (Lipinski definition) is 4. The lowest BCUT2D eigenvalue weighted by Gasteiger charge is -2.35. The van der Waals surface area contributed by atoms with Gasteiger partial charge in [-0.1, -0.05) is 11.6 Å². The number of ether oxygens (including phenoxy) is 1. The van der Waals surface area contributed by atoms with Gasteiger partial charge in [-0.3, -0.25) is 14.5 Å². The van der Waals surface area contributed by atoms with Crippen molar-refractivity contribution in [3.05, 3.63) is 29.3 Å². The first-order valence-electron chi connectivity index (χ1n) is 7.98. The Hall–Kier alpha value is -1.59. The number of hydrogen-bond donors (Lipinski definition) is 1. The van der Waals surface area contributed by atoms with Gasteiger partial charge in [-0.15, -0.1) is 0 Å². The Kier molecular flexibility index (Phi) is 6.42. The van der Waals surface area contributed by atoms with Crippen molar-refractivity contribution in [1.29, 1.82) is 0 Å². The Labute approximate surface area is 141 Å². The second-order valence-corrected chi connectivity index (χ2v) is 6.19. The number of rotatable bonds is 5. The van der Waals surface area contributed by atoms with Crippen molar-refractivity contribution in [2.45, 2.75) is 32.7 Å². The van der Waals surface area contributed by atoms with E-state index in [1.54, 1.807) is 31.2 Å². The van der Waals surface area contributed by atoms with Gasteiger partial charge in [-0.05, 0) is 57.5 Å². The van der Waals surface area contributed by atoms with E-state index in [1.807, 2.05) is 11.8 Å². The molecule has 1 heterocycles. The standard InChI is InChI=1S/C17H23ClN2O3/c1-3-23-17(22)13-5-4-10-20(11-13)12(2)16(21)19-15-8-6-14(18)7-9-15/h6-9,12-13H,3-5,10-11H2,1-2H3,(H,19,21)/t12-,13-/m1/s1. The predicted octanol–water partition coefficient (Wildman–Crippen LogP) is 2.94. The lowest BCUT2D eigenvalue weighted by molar-refractivity contribution is -0.150. The summed E-state index contributed by atoms with van der Waals surface area (Å²) < 4.78 is 5.10. The highest BCUT2D eigenvalue weighted by molar-refractivity contribution is 6.30. The fourth-order valence-electron chi connectivity index (χ4n) is 2.76. The lowest BCUT2D eigenvalue weighted by atomic mass is 9.97. The highest BCUT2D eigenvalue weighted by atomic mass is 35.5. The molecule has 1 aliphatic rings. The van der Waals surface area contributed by atoms with E-state index in [0.717, 1.165) is 19.4 Å². The first-order chi connectivity index (χ1) is 11.0. The summed E-state index contributed by atoms with van der Waals surface area (Å²) >= 11 is 5.84. The molecule has 6 heteroatoms. The van der Waals surface area contributed by atoms with Crippen molar-refractivity contribution < 1.29 is 14.3 Å². The highest BCUT2D eigenvalue weighted by Crippen LogP contribution is 2.21. The maximum Gasteiger partial charge on any atom is 0.310 e. The van der Waals surface area contributed by atoms with Crippen LogP contribution in [0.4, 0.5) is 5.69 Å². The molecule has 1 aromatic carbocycles. The van der Waals surface area contributed by atoms with Gasteiger partial charge < -0.3 is 10.1 Å². The largest absolute Gasteiger partial charge is 0.466 e. The lowest BCUT2D eigenvalue weighted by Crippen LogP contribution is -2.48. The number of amides is 1. The smallest absolute Gasteiger partial charge is 0.310 e. The molecule has 1 aromatic rings. The Balaban J connectivity index is 1.93. The van der Waals surface area contributed by atoms with Gasteiger partial charge in [0.15, 0.2) is 0 Å². The number of likely N-dealkylation sites (tertiary alicyclic amines) is 1. The van der Waals surface area contributed by atoms with Crippen molar-refractivity contribution >= 4 is 29.2 Å². The molecule has 2 atom stereocenters. The Morgan fingerprint density at radius 3 is 2.74 bits per heavy atom. The summed E-state index contributed by atoms with van der Waals surface area (Å²) in [5, 5.41) is 3.51. The van der Waals surface area contributed by atoms with Gasteiger partial charge in [0, 0.05) is 17.3 Å². The minimum atomic E-state index is -0.303. The molecule has 1 aliphatic heterocycles. The molecule has 5 nitrogen and oxygen atoms in total. The first kappa shape index (κ1) is 17.8. The number of carbonyl (C=O) groups is 2. The van der Waals surface area contributed by atoms with Gasteiger partial charge in [0.25, 0.3) is 0 Å². The van der Waals surface area contributed by atoms with E-state index in [4.69, 9.17) is 16.3 Å². The van der Waals surface area contributed by atoms with E-state index >= 15 is 0 Å². The van der Waals surface area contributed by atoms with Gasteiger partial charge in [-0.2, -0.15) is 0 Å². The fourth-order valence-corrected chi connectivity index (χ4v) is 2.88. The third-order valence-electron chi connectivity index (χ3n) is 4.11. The molecule has 2 rings (SSSR count). The molecule has 0 unspecified atom stereocenters. The number of nitrogens with one attached hydrogen (secondary N) is 1. The Morgan fingerprint density at radius 1 is 1.39 bits per heavy atom. The number of nitrogens with zero attached hydrogens (tertiary/aromatic N) is 1. The molecule has 0 aliphatic carbocycles. The fraction of sp³-hybridized carbons (Fsp3) is 0.529. The van der Waals surface area contributed by atoms with E-state index < -0.39 is 0 Å². The maximum atomic E-state index is 12.4. The van der Waals surface area contributed by atoms with Crippen molar-refractivity contribution in [3.8, 4) is 0 Å². The molecule has 0 saturated carbocycles. The molecule has 0 bridgehead atoms. The number of piperidine rings is 1. The predicted molar refractivity (Wildman–Crippen MR) is 90.5 cm³/mol. The number of carbonyl (C=O) groups excluding carboxylic acids is 2.